The van der Waals surface area contributed by atoms with Crippen LogP contribution in [0.5, 0.6) is 5.75 Å². The summed E-state index contributed by atoms with van der Waals surface area (Å²) in [6, 6.07) is 8.43. The fourth-order valence-corrected chi connectivity index (χ4v) is 3.80. The number of carbonyl (C=O) groups is 1. The van der Waals surface area contributed by atoms with Gasteiger partial charge in [-0.25, -0.2) is 0 Å². The van der Waals surface area contributed by atoms with E-state index in [9.17, 15) is 4.79 Å². The molecule has 2 heterocycles. The van der Waals surface area contributed by atoms with Crippen molar-refractivity contribution in [1.29, 1.82) is 0 Å². The van der Waals surface area contributed by atoms with Crippen molar-refractivity contribution in [2.75, 3.05) is 20.3 Å². The van der Waals surface area contributed by atoms with Gasteiger partial charge in [-0.3, -0.25) is 4.79 Å². The number of benzene rings is 1. The summed E-state index contributed by atoms with van der Waals surface area (Å²) in [5, 5.41) is 0. The molecule has 2 aliphatic rings. The Morgan fingerprint density at radius 2 is 2.17 bits per heavy atom. The molecule has 0 spiro atoms. The number of carbonyl (C=O) groups excluding carboxylic acids is 1. The molecule has 0 aliphatic carbocycles. The summed E-state index contributed by atoms with van der Waals surface area (Å²) in [5.41, 5.74) is 1.19. The van der Waals surface area contributed by atoms with E-state index in [0.717, 1.165) is 57.4 Å². The van der Waals surface area contributed by atoms with Crippen molar-refractivity contribution >= 4 is 5.91 Å². The van der Waals surface area contributed by atoms with E-state index in [-0.39, 0.29) is 5.91 Å². The molecule has 0 bridgehead atoms. The second-order valence-electron chi connectivity index (χ2n) is 6.57. The third-order valence-corrected chi connectivity index (χ3v) is 5.05. The fraction of sp³-hybridized carbons (Fsp3) is 0.632. The van der Waals surface area contributed by atoms with Gasteiger partial charge in [-0.05, 0) is 50.2 Å². The van der Waals surface area contributed by atoms with Crippen molar-refractivity contribution < 1.29 is 14.3 Å². The minimum absolute atomic E-state index is 0.290. The molecule has 2 atom stereocenters. The van der Waals surface area contributed by atoms with Crippen LogP contribution in [0.25, 0.3) is 0 Å². The normalized spacial score (nSPS) is 24.1. The first-order chi connectivity index (χ1) is 11.3. The Morgan fingerprint density at radius 3 is 2.96 bits per heavy atom. The SMILES string of the molecule is COc1ccccc1C[C@@H]1CCCN1C(=O)CC[C@@H]1CCCO1. The molecule has 0 saturated carbocycles. The Labute approximate surface area is 138 Å². The summed E-state index contributed by atoms with van der Waals surface area (Å²) >= 11 is 0. The minimum Gasteiger partial charge on any atom is -0.496 e. The van der Waals surface area contributed by atoms with Gasteiger partial charge in [0.05, 0.1) is 13.2 Å². The largest absolute Gasteiger partial charge is 0.496 e. The van der Waals surface area contributed by atoms with Crippen LogP contribution in [-0.2, 0) is 16.0 Å². The van der Waals surface area contributed by atoms with Crippen molar-refractivity contribution in [3.63, 3.8) is 0 Å². The number of methoxy groups -OCH3 is 1. The number of ether oxygens (including phenoxy) is 2. The number of likely N-dealkylation sites (tertiary alicyclic amines) is 1. The van der Waals surface area contributed by atoms with Crippen LogP contribution < -0.4 is 4.74 Å². The molecule has 1 aromatic carbocycles. The van der Waals surface area contributed by atoms with Crippen LogP contribution >= 0.6 is 0 Å². The highest BCUT2D eigenvalue weighted by molar-refractivity contribution is 5.77. The zero-order valence-corrected chi connectivity index (χ0v) is 14.0. The zero-order valence-electron chi connectivity index (χ0n) is 14.0. The Kier molecular flexibility index (Phi) is 5.55. The number of nitrogens with zero attached hydrogens (tertiary/aromatic N) is 1. The van der Waals surface area contributed by atoms with Gasteiger partial charge in [-0.2, -0.15) is 0 Å². The molecule has 126 valence electrons. The van der Waals surface area contributed by atoms with E-state index in [1.165, 1.54) is 5.56 Å². The number of amides is 1. The average Bonchev–Trinajstić information content (AvgIpc) is 3.25. The Morgan fingerprint density at radius 1 is 1.30 bits per heavy atom. The van der Waals surface area contributed by atoms with Gasteiger partial charge >= 0.3 is 0 Å². The molecule has 2 saturated heterocycles. The van der Waals surface area contributed by atoms with Crippen molar-refractivity contribution in [1.82, 2.24) is 4.90 Å². The Bertz CT molecular complexity index is 525. The van der Waals surface area contributed by atoms with E-state index in [0.29, 0.717) is 18.6 Å². The van der Waals surface area contributed by atoms with Gasteiger partial charge in [0.25, 0.3) is 0 Å². The van der Waals surface area contributed by atoms with Crippen molar-refractivity contribution in [3.8, 4) is 5.75 Å². The van der Waals surface area contributed by atoms with Gasteiger partial charge < -0.3 is 14.4 Å². The maximum atomic E-state index is 12.6. The van der Waals surface area contributed by atoms with E-state index in [1.54, 1.807) is 7.11 Å². The predicted molar refractivity (Wildman–Crippen MR) is 89.6 cm³/mol. The predicted octanol–water partition coefficient (Wildman–Crippen LogP) is 3.19. The smallest absolute Gasteiger partial charge is 0.222 e. The lowest BCUT2D eigenvalue weighted by molar-refractivity contribution is -0.132. The van der Waals surface area contributed by atoms with E-state index >= 15 is 0 Å². The molecule has 1 aromatic rings. The standard InChI is InChI=1S/C19H27NO3/c1-22-18-9-3-2-6-15(18)14-16-7-4-12-20(16)19(21)11-10-17-8-5-13-23-17/h2-3,6,9,16-17H,4-5,7-8,10-14H2,1H3/t16-,17-/m0/s1. The summed E-state index contributed by atoms with van der Waals surface area (Å²) < 4.78 is 11.1. The third-order valence-electron chi connectivity index (χ3n) is 5.05. The van der Waals surface area contributed by atoms with Crippen molar-refractivity contribution in [2.45, 2.75) is 57.1 Å². The molecule has 0 unspecified atom stereocenters. The molecule has 0 aromatic heterocycles. The highest BCUT2D eigenvalue weighted by atomic mass is 16.5. The Balaban J connectivity index is 1.57. The molecule has 0 radical (unpaired) electrons. The third kappa shape index (κ3) is 4.05. The number of hydrogen-bond donors (Lipinski definition) is 0. The maximum absolute atomic E-state index is 12.6. The lowest BCUT2D eigenvalue weighted by Gasteiger charge is -2.26. The summed E-state index contributed by atoms with van der Waals surface area (Å²) in [4.78, 5) is 14.7. The first-order valence-corrected chi connectivity index (χ1v) is 8.81. The minimum atomic E-state index is 0.290. The first-order valence-electron chi connectivity index (χ1n) is 8.81. The molecule has 23 heavy (non-hydrogen) atoms. The van der Waals surface area contributed by atoms with Gasteiger partial charge in [0.1, 0.15) is 5.75 Å². The molecule has 1 amide bonds. The topological polar surface area (TPSA) is 38.8 Å². The zero-order chi connectivity index (χ0) is 16.1. The van der Waals surface area contributed by atoms with Crippen molar-refractivity contribution in [2.24, 2.45) is 0 Å². The molecular formula is C19H27NO3. The van der Waals surface area contributed by atoms with Crippen LogP contribution in [0.15, 0.2) is 24.3 Å². The number of para-hydroxylation sites is 1. The molecule has 2 fully saturated rings. The van der Waals surface area contributed by atoms with Gasteiger partial charge in [-0.15, -0.1) is 0 Å². The summed E-state index contributed by atoms with van der Waals surface area (Å²) in [7, 11) is 1.71. The average molecular weight is 317 g/mol. The lowest BCUT2D eigenvalue weighted by atomic mass is 10.0. The molecule has 0 N–H and O–H groups in total. The summed E-state index contributed by atoms with van der Waals surface area (Å²) in [6.45, 7) is 1.75. The number of rotatable bonds is 6. The van der Waals surface area contributed by atoms with Gasteiger partial charge in [0.15, 0.2) is 0 Å². The van der Waals surface area contributed by atoms with Crippen LogP contribution in [-0.4, -0.2) is 43.2 Å². The van der Waals surface area contributed by atoms with Gasteiger partial charge in [-0.1, -0.05) is 18.2 Å². The monoisotopic (exact) mass is 317 g/mol. The molecule has 4 heteroatoms. The van der Waals surface area contributed by atoms with E-state index in [1.807, 2.05) is 18.2 Å². The summed E-state index contributed by atoms with van der Waals surface area (Å²) in [5.74, 6) is 1.21. The molecule has 3 rings (SSSR count). The van der Waals surface area contributed by atoms with Crippen LogP contribution in [0, 0.1) is 0 Å². The first kappa shape index (κ1) is 16.3. The van der Waals surface area contributed by atoms with Crippen LogP contribution in [0.4, 0.5) is 0 Å². The second-order valence-corrected chi connectivity index (χ2v) is 6.57. The fourth-order valence-electron chi connectivity index (χ4n) is 3.80. The van der Waals surface area contributed by atoms with E-state index in [4.69, 9.17) is 9.47 Å². The van der Waals surface area contributed by atoms with Crippen LogP contribution in [0.1, 0.15) is 44.1 Å². The molecule has 2 aliphatic heterocycles. The highest BCUT2D eigenvalue weighted by Gasteiger charge is 2.29. The van der Waals surface area contributed by atoms with Crippen molar-refractivity contribution in [3.05, 3.63) is 29.8 Å². The Hall–Kier alpha value is -1.55. The van der Waals surface area contributed by atoms with Gasteiger partial charge in [0.2, 0.25) is 5.91 Å². The molecular weight excluding hydrogens is 290 g/mol. The van der Waals surface area contributed by atoms with Crippen LogP contribution in [0.2, 0.25) is 0 Å². The number of hydrogen-bond acceptors (Lipinski definition) is 3. The molecule has 4 nitrogen and oxygen atoms in total. The quantitative estimate of drug-likeness (QED) is 0.809. The van der Waals surface area contributed by atoms with E-state index < -0.39 is 0 Å². The maximum Gasteiger partial charge on any atom is 0.222 e. The second kappa shape index (κ2) is 7.82. The van der Waals surface area contributed by atoms with Gasteiger partial charge in [0, 0.05) is 25.6 Å². The van der Waals surface area contributed by atoms with E-state index in [2.05, 4.69) is 11.0 Å². The lowest BCUT2D eigenvalue weighted by Crippen LogP contribution is -2.37. The summed E-state index contributed by atoms with van der Waals surface area (Å²) in [6.07, 6.45) is 7.11. The van der Waals surface area contributed by atoms with Crippen LogP contribution in [0.3, 0.4) is 0 Å². The highest BCUT2D eigenvalue weighted by Crippen LogP contribution is 2.27.